The number of aliphatic hydroxyl groups is 1. The second kappa shape index (κ2) is 6.21. The Bertz CT molecular complexity index is 757. The standard InChI is InChI=1S/C14H15NO5S/c16-8-7-13(14(17)18)15-21(19,20)12-6-5-10-3-1-2-4-11(10)9-12/h1-6,9,13,15-16H,7-8H2,(H,17,18)/t13-/m1/s1. The lowest BCUT2D eigenvalue weighted by Crippen LogP contribution is -2.41. The molecule has 21 heavy (non-hydrogen) atoms. The quantitative estimate of drug-likeness (QED) is 0.737. The average molecular weight is 309 g/mol. The van der Waals surface area contributed by atoms with Crippen molar-refractivity contribution in [2.75, 3.05) is 6.61 Å². The fourth-order valence-corrected chi connectivity index (χ4v) is 3.21. The van der Waals surface area contributed by atoms with Gasteiger partial charge in [-0.3, -0.25) is 4.79 Å². The molecule has 7 heteroatoms. The second-order valence-electron chi connectivity index (χ2n) is 4.53. The van der Waals surface area contributed by atoms with Gasteiger partial charge in [0.25, 0.3) is 0 Å². The summed E-state index contributed by atoms with van der Waals surface area (Å²) < 4.78 is 26.5. The van der Waals surface area contributed by atoms with Crippen molar-refractivity contribution in [1.82, 2.24) is 4.72 Å². The first kappa shape index (κ1) is 15.4. The zero-order chi connectivity index (χ0) is 15.5. The molecule has 112 valence electrons. The van der Waals surface area contributed by atoms with Crippen LogP contribution >= 0.6 is 0 Å². The molecule has 0 unspecified atom stereocenters. The van der Waals surface area contributed by atoms with Crippen LogP contribution in [-0.2, 0) is 14.8 Å². The summed E-state index contributed by atoms with van der Waals surface area (Å²) in [6.45, 7) is -0.419. The fraction of sp³-hybridized carbons (Fsp3) is 0.214. The zero-order valence-corrected chi connectivity index (χ0v) is 11.9. The summed E-state index contributed by atoms with van der Waals surface area (Å²) in [6.07, 6.45) is -0.192. The number of sulfonamides is 1. The third-order valence-corrected chi connectivity index (χ3v) is 4.51. The minimum Gasteiger partial charge on any atom is -0.480 e. The fourth-order valence-electron chi connectivity index (χ4n) is 1.95. The molecule has 0 aliphatic carbocycles. The van der Waals surface area contributed by atoms with Crippen molar-refractivity contribution in [3.05, 3.63) is 42.5 Å². The second-order valence-corrected chi connectivity index (χ2v) is 6.25. The highest BCUT2D eigenvalue weighted by atomic mass is 32.2. The lowest BCUT2D eigenvalue weighted by molar-refractivity contribution is -0.139. The van der Waals surface area contributed by atoms with Crippen LogP contribution in [0.4, 0.5) is 0 Å². The van der Waals surface area contributed by atoms with Crippen LogP contribution in [-0.4, -0.2) is 37.2 Å². The molecular weight excluding hydrogens is 294 g/mol. The van der Waals surface area contributed by atoms with Gasteiger partial charge in [0.05, 0.1) is 4.90 Å². The van der Waals surface area contributed by atoms with Crippen LogP contribution in [0.25, 0.3) is 10.8 Å². The Morgan fingerprint density at radius 1 is 1.14 bits per heavy atom. The molecular formula is C14H15NO5S. The van der Waals surface area contributed by atoms with E-state index in [0.717, 1.165) is 10.8 Å². The predicted molar refractivity (Wildman–Crippen MR) is 77.4 cm³/mol. The molecule has 0 saturated heterocycles. The monoisotopic (exact) mass is 309 g/mol. The molecule has 2 aromatic carbocycles. The van der Waals surface area contributed by atoms with Gasteiger partial charge in [0.15, 0.2) is 0 Å². The van der Waals surface area contributed by atoms with Gasteiger partial charge in [0, 0.05) is 6.61 Å². The molecule has 0 heterocycles. The van der Waals surface area contributed by atoms with Crippen molar-refractivity contribution in [2.24, 2.45) is 0 Å². The minimum atomic E-state index is -3.96. The third kappa shape index (κ3) is 3.57. The zero-order valence-electron chi connectivity index (χ0n) is 11.1. The van der Waals surface area contributed by atoms with E-state index in [1.54, 1.807) is 18.2 Å². The number of aliphatic hydroxyl groups excluding tert-OH is 1. The van der Waals surface area contributed by atoms with Gasteiger partial charge < -0.3 is 10.2 Å². The van der Waals surface area contributed by atoms with Gasteiger partial charge in [-0.15, -0.1) is 0 Å². The summed E-state index contributed by atoms with van der Waals surface area (Å²) in [5, 5.41) is 19.4. The maximum atomic E-state index is 12.2. The molecule has 0 amide bonds. The maximum absolute atomic E-state index is 12.2. The van der Waals surface area contributed by atoms with E-state index in [9.17, 15) is 13.2 Å². The Morgan fingerprint density at radius 2 is 1.81 bits per heavy atom. The maximum Gasteiger partial charge on any atom is 0.321 e. The van der Waals surface area contributed by atoms with Gasteiger partial charge in [-0.1, -0.05) is 30.3 Å². The van der Waals surface area contributed by atoms with Crippen LogP contribution in [0.3, 0.4) is 0 Å². The number of hydrogen-bond acceptors (Lipinski definition) is 4. The Hall–Kier alpha value is -1.96. The highest BCUT2D eigenvalue weighted by Crippen LogP contribution is 2.19. The van der Waals surface area contributed by atoms with Crippen LogP contribution in [0.1, 0.15) is 6.42 Å². The molecule has 2 aromatic rings. The number of rotatable bonds is 6. The number of aliphatic carboxylic acids is 1. The average Bonchev–Trinajstić information content (AvgIpc) is 2.46. The van der Waals surface area contributed by atoms with Gasteiger partial charge in [0.1, 0.15) is 6.04 Å². The van der Waals surface area contributed by atoms with Crippen LogP contribution < -0.4 is 4.72 Å². The number of carbonyl (C=O) groups is 1. The lowest BCUT2D eigenvalue weighted by Gasteiger charge is -2.14. The van der Waals surface area contributed by atoms with Crippen molar-refractivity contribution in [3.8, 4) is 0 Å². The van der Waals surface area contributed by atoms with Gasteiger partial charge in [-0.05, 0) is 29.3 Å². The highest BCUT2D eigenvalue weighted by molar-refractivity contribution is 7.89. The van der Waals surface area contributed by atoms with Gasteiger partial charge in [-0.2, -0.15) is 4.72 Å². The topological polar surface area (TPSA) is 104 Å². The molecule has 0 aromatic heterocycles. The number of fused-ring (bicyclic) bond motifs is 1. The summed E-state index contributed by atoms with van der Waals surface area (Å²) in [5.74, 6) is -1.33. The Labute approximate surface area is 122 Å². The van der Waals surface area contributed by atoms with Crippen LogP contribution in [0, 0.1) is 0 Å². The van der Waals surface area contributed by atoms with E-state index in [1.165, 1.54) is 12.1 Å². The minimum absolute atomic E-state index is 0.00890. The predicted octanol–water partition coefficient (Wildman–Crippen LogP) is 0.954. The van der Waals surface area contributed by atoms with E-state index in [2.05, 4.69) is 4.72 Å². The van der Waals surface area contributed by atoms with Crippen LogP contribution in [0.5, 0.6) is 0 Å². The number of hydrogen-bond donors (Lipinski definition) is 3. The van der Waals surface area contributed by atoms with Crippen molar-refractivity contribution < 1.29 is 23.4 Å². The van der Waals surface area contributed by atoms with Crippen molar-refractivity contribution in [3.63, 3.8) is 0 Å². The Morgan fingerprint density at radius 3 is 2.43 bits per heavy atom. The molecule has 0 radical (unpaired) electrons. The SMILES string of the molecule is O=C(O)[C@@H](CCO)NS(=O)(=O)c1ccc2ccccc2c1. The van der Waals surface area contributed by atoms with E-state index in [0.29, 0.717) is 0 Å². The summed E-state index contributed by atoms with van der Waals surface area (Å²) in [6, 6.07) is 10.5. The van der Waals surface area contributed by atoms with Crippen LogP contribution in [0.2, 0.25) is 0 Å². The highest BCUT2D eigenvalue weighted by Gasteiger charge is 2.24. The van der Waals surface area contributed by atoms with Gasteiger partial charge in [-0.25, -0.2) is 8.42 Å². The molecule has 0 aliphatic rings. The lowest BCUT2D eigenvalue weighted by atomic mass is 10.1. The Balaban J connectivity index is 2.34. The van der Waals surface area contributed by atoms with Crippen molar-refractivity contribution in [2.45, 2.75) is 17.4 Å². The summed E-state index contributed by atoms with van der Waals surface area (Å²) in [4.78, 5) is 11.0. The first-order chi connectivity index (χ1) is 9.94. The third-order valence-electron chi connectivity index (χ3n) is 3.04. The number of carboxylic acid groups (broad SMARTS) is 1. The van der Waals surface area contributed by atoms with Gasteiger partial charge in [0.2, 0.25) is 10.0 Å². The molecule has 0 fully saturated rings. The summed E-state index contributed by atoms with van der Waals surface area (Å²) >= 11 is 0. The smallest absolute Gasteiger partial charge is 0.321 e. The number of nitrogens with one attached hydrogen (secondary N) is 1. The molecule has 6 nitrogen and oxygen atoms in total. The van der Waals surface area contributed by atoms with E-state index in [1.807, 2.05) is 12.1 Å². The molecule has 0 saturated carbocycles. The largest absolute Gasteiger partial charge is 0.480 e. The summed E-state index contributed by atoms with van der Waals surface area (Å²) in [5.41, 5.74) is 0. The molecule has 3 N–H and O–H groups in total. The first-order valence-electron chi connectivity index (χ1n) is 6.29. The number of benzene rings is 2. The van der Waals surface area contributed by atoms with E-state index in [4.69, 9.17) is 10.2 Å². The van der Waals surface area contributed by atoms with Crippen molar-refractivity contribution in [1.29, 1.82) is 0 Å². The molecule has 1 atom stereocenters. The van der Waals surface area contributed by atoms with E-state index in [-0.39, 0.29) is 11.3 Å². The van der Waals surface area contributed by atoms with Gasteiger partial charge >= 0.3 is 5.97 Å². The Kier molecular flexibility index (Phi) is 4.56. The normalized spacial score (nSPS) is 13.2. The molecule has 0 bridgehead atoms. The number of carboxylic acids is 1. The molecule has 2 rings (SSSR count). The first-order valence-corrected chi connectivity index (χ1v) is 7.77. The molecule has 0 aliphatic heterocycles. The van der Waals surface area contributed by atoms with E-state index >= 15 is 0 Å². The molecule has 0 spiro atoms. The van der Waals surface area contributed by atoms with Crippen LogP contribution in [0.15, 0.2) is 47.4 Å². The van der Waals surface area contributed by atoms with E-state index < -0.39 is 28.6 Å². The van der Waals surface area contributed by atoms with Crippen molar-refractivity contribution >= 4 is 26.8 Å². The summed E-state index contributed by atoms with van der Waals surface area (Å²) in [7, 11) is -3.96.